The third kappa shape index (κ3) is 3.14. The molecule has 1 amide bonds. The molecule has 0 aromatic heterocycles. The molecular formula is C13H25ClN2O. The van der Waals surface area contributed by atoms with Crippen LogP contribution in [0, 0.1) is 17.8 Å². The number of rotatable bonds is 2. The van der Waals surface area contributed by atoms with E-state index in [9.17, 15) is 4.79 Å². The van der Waals surface area contributed by atoms with E-state index in [0.29, 0.717) is 17.7 Å². The summed E-state index contributed by atoms with van der Waals surface area (Å²) in [6.07, 6.45) is 4.32. The molecule has 3 unspecified atom stereocenters. The van der Waals surface area contributed by atoms with Gasteiger partial charge in [-0.1, -0.05) is 20.3 Å². The lowest BCUT2D eigenvalue weighted by Gasteiger charge is -2.23. The van der Waals surface area contributed by atoms with E-state index in [-0.39, 0.29) is 24.4 Å². The van der Waals surface area contributed by atoms with E-state index in [0.717, 1.165) is 32.4 Å². The Hall–Kier alpha value is -0.280. The van der Waals surface area contributed by atoms with E-state index < -0.39 is 0 Å². The number of nitrogens with zero attached hydrogens (tertiary/aromatic N) is 1. The van der Waals surface area contributed by atoms with Crippen LogP contribution in [-0.4, -0.2) is 29.9 Å². The van der Waals surface area contributed by atoms with E-state index in [1.165, 1.54) is 6.42 Å². The number of likely N-dealkylation sites (tertiary alicyclic amines) is 1. The molecule has 0 aromatic carbocycles. The van der Waals surface area contributed by atoms with Crippen molar-refractivity contribution in [3.05, 3.63) is 0 Å². The lowest BCUT2D eigenvalue weighted by Crippen LogP contribution is -2.40. The monoisotopic (exact) mass is 260 g/mol. The maximum absolute atomic E-state index is 12.3. The van der Waals surface area contributed by atoms with Gasteiger partial charge in [0.15, 0.2) is 0 Å². The van der Waals surface area contributed by atoms with Crippen LogP contribution in [0.15, 0.2) is 0 Å². The van der Waals surface area contributed by atoms with Gasteiger partial charge >= 0.3 is 0 Å². The fourth-order valence-corrected chi connectivity index (χ4v) is 3.06. The van der Waals surface area contributed by atoms with Gasteiger partial charge in [-0.15, -0.1) is 12.4 Å². The van der Waals surface area contributed by atoms with Gasteiger partial charge in [0.1, 0.15) is 0 Å². The Balaban J connectivity index is 0.00000144. The third-order valence-electron chi connectivity index (χ3n) is 4.37. The summed E-state index contributed by atoms with van der Waals surface area (Å²) in [6, 6.07) is 0.116. The average molecular weight is 261 g/mol. The van der Waals surface area contributed by atoms with Crippen LogP contribution in [0.2, 0.25) is 0 Å². The molecule has 1 heterocycles. The van der Waals surface area contributed by atoms with Crippen LogP contribution in [0.1, 0.15) is 39.5 Å². The van der Waals surface area contributed by atoms with Crippen molar-refractivity contribution in [2.75, 3.05) is 13.1 Å². The predicted molar refractivity (Wildman–Crippen MR) is 72.1 cm³/mol. The second-order valence-corrected chi connectivity index (χ2v) is 5.78. The molecule has 1 saturated carbocycles. The van der Waals surface area contributed by atoms with Gasteiger partial charge in [0, 0.05) is 19.1 Å². The van der Waals surface area contributed by atoms with Crippen LogP contribution < -0.4 is 5.73 Å². The molecule has 0 spiro atoms. The zero-order chi connectivity index (χ0) is 11.7. The number of hydrogen-bond donors (Lipinski definition) is 1. The van der Waals surface area contributed by atoms with Gasteiger partial charge in [-0.3, -0.25) is 4.79 Å². The molecule has 2 N–H and O–H groups in total. The van der Waals surface area contributed by atoms with Crippen LogP contribution >= 0.6 is 12.4 Å². The minimum atomic E-state index is 0. The molecule has 2 rings (SSSR count). The highest BCUT2D eigenvalue weighted by Crippen LogP contribution is 2.30. The quantitative estimate of drug-likeness (QED) is 0.826. The number of halogens is 1. The summed E-state index contributed by atoms with van der Waals surface area (Å²) in [5.41, 5.74) is 5.99. The van der Waals surface area contributed by atoms with Gasteiger partial charge < -0.3 is 10.6 Å². The molecule has 3 atom stereocenters. The Morgan fingerprint density at radius 3 is 2.47 bits per heavy atom. The Kier molecular flexibility index (Phi) is 5.26. The number of amides is 1. The van der Waals surface area contributed by atoms with Gasteiger partial charge in [0.2, 0.25) is 5.91 Å². The topological polar surface area (TPSA) is 46.3 Å². The normalized spacial score (nSPS) is 32.9. The summed E-state index contributed by atoms with van der Waals surface area (Å²) in [4.78, 5) is 14.3. The molecule has 0 radical (unpaired) electrons. The largest absolute Gasteiger partial charge is 0.342 e. The second kappa shape index (κ2) is 6.05. The SMILES string of the molecule is CC(C)C1CCN(C(=O)C2CCCC2N)C1.Cl. The molecule has 4 heteroatoms. The fourth-order valence-electron chi connectivity index (χ4n) is 3.06. The molecule has 100 valence electrons. The first kappa shape index (κ1) is 14.8. The lowest BCUT2D eigenvalue weighted by atomic mass is 9.95. The highest BCUT2D eigenvalue weighted by Gasteiger charge is 2.36. The summed E-state index contributed by atoms with van der Waals surface area (Å²) in [5, 5.41) is 0. The minimum absolute atomic E-state index is 0. The number of carbonyl (C=O) groups excluding carboxylic acids is 1. The molecule has 0 bridgehead atoms. The van der Waals surface area contributed by atoms with Gasteiger partial charge in [-0.05, 0) is 31.1 Å². The first-order valence-corrected chi connectivity index (χ1v) is 6.64. The number of carbonyl (C=O) groups is 1. The summed E-state index contributed by atoms with van der Waals surface area (Å²) in [7, 11) is 0. The van der Waals surface area contributed by atoms with Crippen LogP contribution in [0.3, 0.4) is 0 Å². The van der Waals surface area contributed by atoms with Crippen LogP contribution in [0.25, 0.3) is 0 Å². The van der Waals surface area contributed by atoms with Crippen molar-refractivity contribution in [3.63, 3.8) is 0 Å². The van der Waals surface area contributed by atoms with Gasteiger partial charge in [-0.25, -0.2) is 0 Å². The minimum Gasteiger partial charge on any atom is -0.342 e. The van der Waals surface area contributed by atoms with Crippen molar-refractivity contribution in [2.45, 2.75) is 45.6 Å². The van der Waals surface area contributed by atoms with Gasteiger partial charge in [0.25, 0.3) is 0 Å². The Labute approximate surface area is 111 Å². The molecule has 3 nitrogen and oxygen atoms in total. The molecule has 1 saturated heterocycles. The number of nitrogens with two attached hydrogens (primary N) is 1. The molecular weight excluding hydrogens is 236 g/mol. The van der Waals surface area contributed by atoms with Gasteiger partial charge in [0.05, 0.1) is 5.92 Å². The zero-order valence-corrected chi connectivity index (χ0v) is 11.7. The molecule has 2 fully saturated rings. The number of hydrogen-bond acceptors (Lipinski definition) is 2. The van der Waals surface area contributed by atoms with E-state index in [2.05, 4.69) is 18.7 Å². The molecule has 2 aliphatic rings. The molecule has 1 aliphatic carbocycles. The molecule has 0 aromatic rings. The van der Waals surface area contributed by atoms with E-state index in [1.54, 1.807) is 0 Å². The lowest BCUT2D eigenvalue weighted by molar-refractivity contribution is -0.134. The van der Waals surface area contributed by atoms with E-state index >= 15 is 0 Å². The smallest absolute Gasteiger partial charge is 0.227 e. The maximum Gasteiger partial charge on any atom is 0.227 e. The molecule has 1 aliphatic heterocycles. The first-order valence-electron chi connectivity index (χ1n) is 6.64. The fraction of sp³-hybridized carbons (Fsp3) is 0.923. The van der Waals surface area contributed by atoms with E-state index in [1.807, 2.05) is 0 Å². The summed E-state index contributed by atoms with van der Waals surface area (Å²) in [5.74, 6) is 1.83. The van der Waals surface area contributed by atoms with Gasteiger partial charge in [-0.2, -0.15) is 0 Å². The summed E-state index contributed by atoms with van der Waals surface area (Å²) in [6.45, 7) is 6.41. The van der Waals surface area contributed by atoms with Crippen molar-refractivity contribution in [1.82, 2.24) is 4.90 Å². The van der Waals surface area contributed by atoms with Crippen molar-refractivity contribution in [3.8, 4) is 0 Å². The Morgan fingerprint density at radius 2 is 2.00 bits per heavy atom. The second-order valence-electron chi connectivity index (χ2n) is 5.78. The van der Waals surface area contributed by atoms with Crippen molar-refractivity contribution in [1.29, 1.82) is 0 Å². The van der Waals surface area contributed by atoms with Crippen LogP contribution in [0.4, 0.5) is 0 Å². The summed E-state index contributed by atoms with van der Waals surface area (Å²) >= 11 is 0. The maximum atomic E-state index is 12.3. The van der Waals surface area contributed by atoms with Crippen molar-refractivity contribution < 1.29 is 4.79 Å². The zero-order valence-electron chi connectivity index (χ0n) is 10.9. The average Bonchev–Trinajstić information content (AvgIpc) is 2.84. The summed E-state index contributed by atoms with van der Waals surface area (Å²) < 4.78 is 0. The van der Waals surface area contributed by atoms with Crippen LogP contribution in [0.5, 0.6) is 0 Å². The third-order valence-corrected chi connectivity index (χ3v) is 4.37. The Bertz CT molecular complexity index is 270. The van der Waals surface area contributed by atoms with Crippen molar-refractivity contribution >= 4 is 18.3 Å². The highest BCUT2D eigenvalue weighted by atomic mass is 35.5. The first-order chi connectivity index (χ1) is 7.59. The van der Waals surface area contributed by atoms with E-state index in [4.69, 9.17) is 5.73 Å². The molecule has 17 heavy (non-hydrogen) atoms. The standard InChI is InChI=1S/C13H24N2O.ClH/c1-9(2)10-6-7-15(8-10)13(16)11-4-3-5-12(11)14;/h9-12H,3-8,14H2,1-2H3;1H. The Morgan fingerprint density at radius 1 is 1.29 bits per heavy atom. The van der Waals surface area contributed by atoms with Crippen molar-refractivity contribution in [2.24, 2.45) is 23.5 Å². The predicted octanol–water partition coefficient (Wildman–Crippen LogP) is 2.04. The highest BCUT2D eigenvalue weighted by molar-refractivity contribution is 5.85. The van der Waals surface area contributed by atoms with Crippen LogP contribution in [-0.2, 0) is 4.79 Å².